The maximum atomic E-state index is 12.7. The second kappa shape index (κ2) is 7.79. The Kier molecular flexibility index (Phi) is 5.42. The molecular weight excluding hydrogens is 433 g/mol. The van der Waals surface area contributed by atoms with Gasteiger partial charge in [0, 0.05) is 17.6 Å². The lowest BCUT2D eigenvalue weighted by Gasteiger charge is -2.29. The van der Waals surface area contributed by atoms with Gasteiger partial charge in [-0.1, -0.05) is 0 Å². The minimum atomic E-state index is -4.68. The van der Waals surface area contributed by atoms with Gasteiger partial charge in [0.25, 0.3) is 0 Å². The van der Waals surface area contributed by atoms with Crippen LogP contribution in [-0.4, -0.2) is 42.3 Å². The van der Waals surface area contributed by atoms with E-state index in [1.165, 1.54) is 12.1 Å². The molecule has 1 fully saturated rings. The van der Waals surface area contributed by atoms with Crippen LogP contribution in [-0.2, 0) is 10.0 Å². The van der Waals surface area contributed by atoms with Gasteiger partial charge >= 0.3 is 6.18 Å². The highest BCUT2D eigenvalue weighted by molar-refractivity contribution is 7.89. The standard InChI is InChI=1S/C20H21F3N4O3S/c1-12(20(21,22)23)26-31(28,29)16-6-7-17(24-11-16)18-9-13-8-15(30-2)10-25-19(13)27(18)14-4-3-5-14/h6-12,14,26H,3-5H2,1-2H3/t12-/m0/s1. The van der Waals surface area contributed by atoms with Gasteiger partial charge in [-0.25, -0.2) is 13.4 Å². The Hall–Kier alpha value is -2.66. The summed E-state index contributed by atoms with van der Waals surface area (Å²) in [4.78, 5) is 8.42. The van der Waals surface area contributed by atoms with Gasteiger partial charge in [0.15, 0.2) is 0 Å². The van der Waals surface area contributed by atoms with Crippen LogP contribution in [0, 0.1) is 0 Å². The van der Waals surface area contributed by atoms with Crippen LogP contribution in [0.4, 0.5) is 13.2 Å². The van der Waals surface area contributed by atoms with Crippen molar-refractivity contribution < 1.29 is 26.3 Å². The van der Waals surface area contributed by atoms with Gasteiger partial charge in [-0.3, -0.25) is 4.98 Å². The fourth-order valence-corrected chi connectivity index (χ4v) is 4.65. The molecule has 0 radical (unpaired) electrons. The van der Waals surface area contributed by atoms with E-state index in [1.807, 2.05) is 12.1 Å². The fraction of sp³-hybridized carbons (Fsp3) is 0.400. The number of nitrogens with one attached hydrogen (secondary N) is 1. The van der Waals surface area contributed by atoms with Crippen molar-refractivity contribution in [3.05, 3.63) is 36.7 Å². The first-order valence-electron chi connectivity index (χ1n) is 9.70. The average Bonchev–Trinajstić information content (AvgIpc) is 3.04. The number of halogens is 3. The van der Waals surface area contributed by atoms with Gasteiger partial charge in [0.2, 0.25) is 10.0 Å². The molecule has 3 aromatic rings. The number of rotatable bonds is 6. The average molecular weight is 454 g/mol. The number of fused-ring (bicyclic) bond motifs is 1. The molecule has 0 aromatic carbocycles. The number of ether oxygens (including phenoxy) is 1. The van der Waals surface area contributed by atoms with E-state index < -0.39 is 22.2 Å². The molecule has 7 nitrogen and oxygen atoms in total. The molecule has 1 atom stereocenters. The van der Waals surface area contributed by atoms with Crippen molar-refractivity contribution in [3.8, 4) is 17.1 Å². The summed E-state index contributed by atoms with van der Waals surface area (Å²) in [6.07, 6.45) is 1.12. The minimum absolute atomic E-state index is 0.257. The largest absolute Gasteiger partial charge is 0.495 e. The first-order chi connectivity index (χ1) is 14.6. The van der Waals surface area contributed by atoms with Crippen LogP contribution < -0.4 is 9.46 Å². The summed E-state index contributed by atoms with van der Waals surface area (Å²) in [6, 6.07) is 4.57. The Morgan fingerprint density at radius 3 is 2.48 bits per heavy atom. The SMILES string of the molecule is COc1cnc2c(c1)cc(-c1ccc(S(=O)(=O)N[C@@H](C)C(F)(F)F)cn1)n2C1CCC1. The molecule has 1 saturated carbocycles. The number of hydrogen-bond acceptors (Lipinski definition) is 5. The number of alkyl halides is 3. The van der Waals surface area contributed by atoms with E-state index in [-0.39, 0.29) is 10.9 Å². The van der Waals surface area contributed by atoms with Crippen molar-refractivity contribution in [2.75, 3.05) is 7.11 Å². The summed E-state index contributed by atoms with van der Waals surface area (Å²) in [7, 11) is -2.81. The van der Waals surface area contributed by atoms with E-state index in [1.54, 1.807) is 18.0 Å². The topological polar surface area (TPSA) is 86.1 Å². The number of hydrogen-bond donors (Lipinski definition) is 1. The Bertz CT molecular complexity index is 1200. The van der Waals surface area contributed by atoms with Crippen LogP contribution in [0.5, 0.6) is 5.75 Å². The predicted molar refractivity (Wildman–Crippen MR) is 108 cm³/mol. The van der Waals surface area contributed by atoms with Gasteiger partial charge in [0.1, 0.15) is 22.3 Å². The van der Waals surface area contributed by atoms with E-state index in [2.05, 4.69) is 14.5 Å². The zero-order chi connectivity index (χ0) is 22.4. The lowest BCUT2D eigenvalue weighted by atomic mass is 9.92. The third kappa shape index (κ3) is 4.11. The first-order valence-corrected chi connectivity index (χ1v) is 11.2. The maximum Gasteiger partial charge on any atom is 0.404 e. The maximum absolute atomic E-state index is 12.7. The summed E-state index contributed by atoms with van der Waals surface area (Å²) < 4.78 is 71.8. The highest BCUT2D eigenvalue weighted by Gasteiger charge is 2.39. The molecule has 0 amide bonds. The zero-order valence-corrected chi connectivity index (χ0v) is 17.7. The predicted octanol–water partition coefficient (Wildman–Crippen LogP) is 4.06. The minimum Gasteiger partial charge on any atom is -0.495 e. The summed E-state index contributed by atoms with van der Waals surface area (Å²) in [6.45, 7) is 0.748. The number of nitrogens with zero attached hydrogens (tertiary/aromatic N) is 3. The van der Waals surface area contributed by atoms with E-state index in [0.717, 1.165) is 49.1 Å². The Morgan fingerprint density at radius 1 is 1.19 bits per heavy atom. The van der Waals surface area contributed by atoms with E-state index in [4.69, 9.17) is 4.74 Å². The molecule has 3 heterocycles. The molecule has 1 N–H and O–H groups in total. The summed E-state index contributed by atoms with van der Waals surface area (Å²) in [5.74, 6) is 0.615. The van der Waals surface area contributed by atoms with Gasteiger partial charge < -0.3 is 9.30 Å². The molecule has 4 rings (SSSR count). The number of methoxy groups -OCH3 is 1. The summed E-state index contributed by atoms with van der Waals surface area (Å²) in [5.41, 5.74) is 2.05. The lowest BCUT2D eigenvalue weighted by molar-refractivity contribution is -0.147. The van der Waals surface area contributed by atoms with Gasteiger partial charge in [-0.2, -0.15) is 17.9 Å². The third-order valence-electron chi connectivity index (χ3n) is 5.46. The highest BCUT2D eigenvalue weighted by atomic mass is 32.2. The van der Waals surface area contributed by atoms with Crippen LogP contribution >= 0.6 is 0 Å². The van der Waals surface area contributed by atoms with Crippen molar-refractivity contribution in [1.82, 2.24) is 19.3 Å². The molecule has 1 aliphatic carbocycles. The van der Waals surface area contributed by atoms with Crippen molar-refractivity contribution in [2.45, 2.75) is 49.3 Å². The Labute approximate surface area is 177 Å². The zero-order valence-electron chi connectivity index (χ0n) is 16.8. The monoisotopic (exact) mass is 454 g/mol. The molecule has 3 aromatic heterocycles. The third-order valence-corrected chi connectivity index (χ3v) is 6.98. The molecule has 166 valence electrons. The van der Waals surface area contributed by atoms with Crippen LogP contribution in [0.3, 0.4) is 0 Å². The molecule has 0 spiro atoms. The highest BCUT2D eigenvalue weighted by Crippen LogP contribution is 2.39. The summed E-state index contributed by atoms with van der Waals surface area (Å²) >= 11 is 0. The van der Waals surface area contributed by atoms with Crippen LogP contribution in [0.25, 0.3) is 22.4 Å². The molecule has 31 heavy (non-hydrogen) atoms. The first kappa shape index (κ1) is 21.6. The number of pyridine rings is 2. The van der Waals surface area contributed by atoms with Crippen molar-refractivity contribution in [1.29, 1.82) is 0 Å². The second-order valence-electron chi connectivity index (χ2n) is 7.54. The lowest BCUT2D eigenvalue weighted by Crippen LogP contribution is -2.42. The van der Waals surface area contributed by atoms with Crippen LogP contribution in [0.1, 0.15) is 32.2 Å². The normalized spacial score (nSPS) is 16.3. The van der Waals surface area contributed by atoms with Crippen LogP contribution in [0.2, 0.25) is 0 Å². The number of sulfonamides is 1. The quantitative estimate of drug-likeness (QED) is 0.607. The van der Waals surface area contributed by atoms with Crippen molar-refractivity contribution >= 4 is 21.1 Å². The van der Waals surface area contributed by atoms with Gasteiger partial charge in [-0.15, -0.1) is 0 Å². The van der Waals surface area contributed by atoms with Gasteiger partial charge in [-0.05, 0) is 50.5 Å². The molecule has 0 saturated heterocycles. The van der Waals surface area contributed by atoms with E-state index in [0.29, 0.717) is 11.4 Å². The molecule has 11 heteroatoms. The molecule has 0 aliphatic heterocycles. The Morgan fingerprint density at radius 2 is 1.94 bits per heavy atom. The molecule has 1 aliphatic rings. The molecular formula is C20H21F3N4O3S. The Balaban J connectivity index is 1.70. The number of aromatic nitrogens is 3. The van der Waals surface area contributed by atoms with Crippen molar-refractivity contribution in [2.24, 2.45) is 0 Å². The smallest absolute Gasteiger partial charge is 0.404 e. The molecule has 0 unspecified atom stereocenters. The second-order valence-corrected chi connectivity index (χ2v) is 9.25. The molecule has 0 bridgehead atoms. The van der Waals surface area contributed by atoms with Crippen LogP contribution in [0.15, 0.2) is 41.6 Å². The van der Waals surface area contributed by atoms with Gasteiger partial charge in [0.05, 0.1) is 24.7 Å². The van der Waals surface area contributed by atoms with Crippen molar-refractivity contribution in [3.63, 3.8) is 0 Å². The van der Waals surface area contributed by atoms with E-state index >= 15 is 0 Å². The fourth-order valence-electron chi connectivity index (χ4n) is 3.47. The summed E-state index contributed by atoms with van der Waals surface area (Å²) in [5, 5.41) is 0.861. The van der Waals surface area contributed by atoms with E-state index in [9.17, 15) is 21.6 Å².